The van der Waals surface area contributed by atoms with Crippen molar-refractivity contribution in [2.24, 2.45) is 0 Å². The average Bonchev–Trinajstić information content (AvgIpc) is 3.24. The maximum absolute atomic E-state index is 13.7. The van der Waals surface area contributed by atoms with Gasteiger partial charge in [0.15, 0.2) is 0 Å². The van der Waals surface area contributed by atoms with Gasteiger partial charge in [-0.1, -0.05) is 81.1 Å². The Morgan fingerprint density at radius 3 is 1.38 bits per heavy atom. The molecule has 0 N–H and O–H groups in total. The molecule has 0 fully saturated rings. The number of benzene rings is 2. The van der Waals surface area contributed by atoms with Crippen LogP contribution in [0, 0.1) is 0 Å². The summed E-state index contributed by atoms with van der Waals surface area (Å²) in [7, 11) is 0. The summed E-state index contributed by atoms with van der Waals surface area (Å²) in [6.45, 7) is 1.34. The number of carbonyl (C=O) groups is 2. The van der Waals surface area contributed by atoms with Crippen LogP contribution in [0.4, 0.5) is 11.4 Å². The molecule has 4 rings (SSSR count). The van der Waals surface area contributed by atoms with Gasteiger partial charge in [0.2, 0.25) is 0 Å². The third kappa shape index (κ3) is 4.44. The van der Waals surface area contributed by atoms with Crippen LogP contribution in [0.25, 0.3) is 11.1 Å². The van der Waals surface area contributed by atoms with E-state index in [2.05, 4.69) is 31.9 Å². The van der Waals surface area contributed by atoms with E-state index in [1.165, 1.54) is 0 Å². The van der Waals surface area contributed by atoms with Crippen molar-refractivity contribution in [1.82, 2.24) is 0 Å². The van der Waals surface area contributed by atoms with Crippen molar-refractivity contribution in [3.63, 3.8) is 0 Å². The number of halogens is 2. The molecule has 4 nitrogen and oxygen atoms in total. The highest BCUT2D eigenvalue weighted by Gasteiger charge is 2.41. The summed E-state index contributed by atoms with van der Waals surface area (Å²) in [4.78, 5) is 31.0. The molecule has 2 aromatic carbocycles. The summed E-state index contributed by atoms with van der Waals surface area (Å²) < 4.78 is 0. The molecular weight excluding hydrogens is 532 g/mol. The lowest BCUT2D eigenvalue weighted by molar-refractivity contribution is -0.114. The zero-order chi connectivity index (χ0) is 22.5. The van der Waals surface area contributed by atoms with Gasteiger partial charge in [0.1, 0.15) is 0 Å². The second kappa shape index (κ2) is 10.8. The molecule has 0 radical (unpaired) electrons. The van der Waals surface area contributed by atoms with Crippen LogP contribution < -0.4 is 9.80 Å². The number of rotatable bonds is 10. The van der Waals surface area contributed by atoms with Gasteiger partial charge in [0.25, 0.3) is 11.8 Å². The van der Waals surface area contributed by atoms with E-state index < -0.39 is 0 Å². The summed E-state index contributed by atoms with van der Waals surface area (Å²) in [6.07, 6.45) is 6.19. The molecule has 2 amide bonds. The third-order valence-electron chi connectivity index (χ3n) is 6.13. The van der Waals surface area contributed by atoms with E-state index in [0.717, 1.165) is 71.7 Å². The quantitative estimate of drug-likeness (QED) is 0.191. The van der Waals surface area contributed by atoms with Gasteiger partial charge in [-0.2, -0.15) is 0 Å². The van der Waals surface area contributed by atoms with Crippen molar-refractivity contribution in [3.8, 4) is 0 Å². The molecule has 2 aliphatic rings. The van der Waals surface area contributed by atoms with Crippen LogP contribution >= 0.6 is 31.9 Å². The number of hydrogen-bond donors (Lipinski definition) is 0. The van der Waals surface area contributed by atoms with Gasteiger partial charge in [-0.15, -0.1) is 0 Å². The maximum atomic E-state index is 13.7. The van der Waals surface area contributed by atoms with Crippen molar-refractivity contribution in [2.45, 2.75) is 38.5 Å². The SMILES string of the molecule is O=C1/C(=C2\C(=O)N(CCCCCBr)c3ccccc32)c2ccccc2N1CCCCCBr. The summed E-state index contributed by atoms with van der Waals surface area (Å²) >= 11 is 6.95. The average molecular weight is 560 g/mol. The van der Waals surface area contributed by atoms with Gasteiger partial charge in [-0.25, -0.2) is 0 Å². The minimum absolute atomic E-state index is 0.0515. The minimum atomic E-state index is -0.0515. The maximum Gasteiger partial charge on any atom is 0.259 e. The first-order valence-corrected chi connectivity index (χ1v) is 13.6. The smallest absolute Gasteiger partial charge is 0.259 e. The largest absolute Gasteiger partial charge is 0.308 e. The first-order chi connectivity index (χ1) is 15.7. The minimum Gasteiger partial charge on any atom is -0.308 e. The molecular formula is C26H28Br2N2O2. The predicted octanol–water partition coefficient (Wildman–Crippen LogP) is 6.42. The van der Waals surface area contributed by atoms with E-state index in [4.69, 9.17) is 0 Å². The Bertz CT molecular complexity index is 952. The topological polar surface area (TPSA) is 40.6 Å². The van der Waals surface area contributed by atoms with Crippen LogP contribution in [-0.4, -0.2) is 35.6 Å². The highest BCUT2D eigenvalue weighted by atomic mass is 79.9. The molecule has 2 aliphatic heterocycles. The lowest BCUT2D eigenvalue weighted by Crippen LogP contribution is -2.30. The molecule has 168 valence electrons. The van der Waals surface area contributed by atoms with Crippen LogP contribution in [0.2, 0.25) is 0 Å². The van der Waals surface area contributed by atoms with Crippen molar-refractivity contribution in [1.29, 1.82) is 0 Å². The van der Waals surface area contributed by atoms with E-state index in [1.54, 1.807) is 0 Å². The Balaban J connectivity index is 1.71. The van der Waals surface area contributed by atoms with E-state index >= 15 is 0 Å². The first-order valence-electron chi connectivity index (χ1n) is 11.4. The van der Waals surface area contributed by atoms with E-state index in [1.807, 2.05) is 58.3 Å². The number of fused-ring (bicyclic) bond motifs is 2. The summed E-state index contributed by atoms with van der Waals surface area (Å²) in [5, 5.41) is 1.95. The molecule has 0 atom stereocenters. The monoisotopic (exact) mass is 558 g/mol. The molecule has 0 saturated heterocycles. The lowest BCUT2D eigenvalue weighted by atomic mass is 9.96. The number of alkyl halides is 2. The molecule has 2 heterocycles. The number of nitrogens with zero attached hydrogens (tertiary/aromatic N) is 2. The van der Waals surface area contributed by atoms with Gasteiger partial charge in [-0.3, -0.25) is 9.59 Å². The van der Waals surface area contributed by atoms with Gasteiger partial charge >= 0.3 is 0 Å². The van der Waals surface area contributed by atoms with Gasteiger partial charge in [0, 0.05) is 34.9 Å². The molecule has 32 heavy (non-hydrogen) atoms. The molecule has 6 heteroatoms. The van der Waals surface area contributed by atoms with Gasteiger partial charge in [-0.05, 0) is 37.8 Å². The van der Waals surface area contributed by atoms with Crippen LogP contribution in [0.1, 0.15) is 49.7 Å². The van der Waals surface area contributed by atoms with Crippen LogP contribution in [0.3, 0.4) is 0 Å². The Labute approximate surface area is 206 Å². The standard InChI is InChI=1S/C26H28Br2N2O2/c27-15-7-1-9-17-29-21-13-5-3-11-19(21)23(25(29)31)24-20-12-4-6-14-22(20)30(26(24)32)18-10-2-8-16-28/h3-6,11-14H,1-2,7-10,15-18H2/b24-23-. The highest BCUT2D eigenvalue weighted by Crippen LogP contribution is 2.46. The second-order valence-electron chi connectivity index (χ2n) is 8.20. The summed E-state index contributed by atoms with van der Waals surface area (Å²) in [6, 6.07) is 15.8. The van der Waals surface area contributed by atoms with Crippen molar-refractivity contribution < 1.29 is 9.59 Å². The Hall–Kier alpha value is -1.92. The normalized spacial score (nSPS) is 17.3. The van der Waals surface area contributed by atoms with Gasteiger partial charge in [0.05, 0.1) is 22.5 Å². The molecule has 0 unspecified atom stereocenters. The number of anilines is 2. The molecule has 0 bridgehead atoms. The number of carbonyl (C=O) groups excluding carboxylic acids is 2. The van der Waals surface area contributed by atoms with Crippen molar-refractivity contribution in [2.75, 3.05) is 33.5 Å². The second-order valence-corrected chi connectivity index (χ2v) is 9.78. The molecule has 2 aromatic rings. The van der Waals surface area contributed by atoms with Crippen molar-refractivity contribution in [3.05, 3.63) is 59.7 Å². The Morgan fingerprint density at radius 1 is 0.562 bits per heavy atom. The molecule has 0 saturated carbocycles. The summed E-state index contributed by atoms with van der Waals surface area (Å²) in [5.41, 5.74) is 4.69. The number of unbranched alkanes of at least 4 members (excludes halogenated alkanes) is 4. The third-order valence-corrected chi connectivity index (χ3v) is 7.25. The van der Waals surface area contributed by atoms with E-state index in [-0.39, 0.29) is 11.8 Å². The van der Waals surface area contributed by atoms with Crippen molar-refractivity contribution >= 4 is 66.2 Å². The highest BCUT2D eigenvalue weighted by molar-refractivity contribution is 9.09. The molecule has 0 aromatic heterocycles. The fourth-order valence-electron chi connectivity index (χ4n) is 4.57. The number of amides is 2. The van der Waals surface area contributed by atoms with Crippen LogP contribution in [-0.2, 0) is 9.59 Å². The zero-order valence-electron chi connectivity index (χ0n) is 18.2. The fourth-order valence-corrected chi connectivity index (χ4v) is 5.36. The van der Waals surface area contributed by atoms with E-state index in [9.17, 15) is 9.59 Å². The Morgan fingerprint density at radius 2 is 0.969 bits per heavy atom. The Kier molecular flexibility index (Phi) is 7.84. The molecule has 0 spiro atoms. The van der Waals surface area contributed by atoms with Gasteiger partial charge < -0.3 is 9.80 Å². The van der Waals surface area contributed by atoms with E-state index in [0.29, 0.717) is 24.2 Å². The summed E-state index contributed by atoms with van der Waals surface area (Å²) in [5.74, 6) is -0.103. The lowest BCUT2D eigenvalue weighted by Gasteiger charge is -2.17. The van der Waals surface area contributed by atoms with Crippen LogP contribution in [0.15, 0.2) is 48.5 Å². The molecule has 0 aliphatic carbocycles. The first kappa shape index (κ1) is 23.2. The number of hydrogen-bond acceptors (Lipinski definition) is 2. The van der Waals surface area contributed by atoms with Crippen LogP contribution in [0.5, 0.6) is 0 Å². The predicted molar refractivity (Wildman–Crippen MR) is 140 cm³/mol. The zero-order valence-corrected chi connectivity index (χ0v) is 21.3. The number of para-hydroxylation sites is 2. The fraction of sp³-hybridized carbons (Fsp3) is 0.385.